The molecule has 0 heterocycles. The minimum absolute atomic E-state index is 0.344. The van der Waals surface area contributed by atoms with Gasteiger partial charge in [-0.15, -0.1) is 6.58 Å². The van der Waals surface area contributed by atoms with Crippen LogP contribution >= 0.6 is 0 Å². The summed E-state index contributed by atoms with van der Waals surface area (Å²) in [6.07, 6.45) is 2.84. The second-order valence-corrected chi connectivity index (χ2v) is 3.51. The molecule has 74 valence electrons. The lowest BCUT2D eigenvalue weighted by Crippen LogP contribution is -2.24. The van der Waals surface area contributed by atoms with Crippen molar-refractivity contribution in [3.05, 3.63) is 48.3 Å². The standard InChI is InChI=1S/C12H13FO/c1-3-8-12(2,9-14)10-6-4-5-7-11(10)13/h3-7,9H,1,8H2,2H3/t12-/m0/s1. The van der Waals surface area contributed by atoms with Crippen LogP contribution in [0.5, 0.6) is 0 Å². The van der Waals surface area contributed by atoms with E-state index in [-0.39, 0.29) is 5.82 Å². The fraction of sp³-hybridized carbons (Fsp3) is 0.250. The van der Waals surface area contributed by atoms with Crippen molar-refractivity contribution < 1.29 is 9.18 Å². The van der Waals surface area contributed by atoms with Crippen LogP contribution in [0.2, 0.25) is 0 Å². The Morgan fingerprint density at radius 3 is 2.64 bits per heavy atom. The molecule has 0 N–H and O–H groups in total. The third-order valence-corrected chi connectivity index (χ3v) is 2.32. The minimum Gasteiger partial charge on any atom is -0.302 e. The Hall–Kier alpha value is -1.44. The zero-order chi connectivity index (χ0) is 10.6. The van der Waals surface area contributed by atoms with Crippen LogP contribution < -0.4 is 0 Å². The molecule has 0 unspecified atom stereocenters. The first-order chi connectivity index (χ1) is 6.64. The molecule has 1 atom stereocenters. The molecule has 0 saturated heterocycles. The second kappa shape index (κ2) is 4.18. The predicted molar refractivity (Wildman–Crippen MR) is 54.6 cm³/mol. The zero-order valence-corrected chi connectivity index (χ0v) is 8.16. The fourth-order valence-corrected chi connectivity index (χ4v) is 1.45. The number of rotatable bonds is 4. The van der Waals surface area contributed by atoms with E-state index in [1.54, 1.807) is 31.2 Å². The fourth-order valence-electron chi connectivity index (χ4n) is 1.45. The molecular formula is C12H13FO. The maximum Gasteiger partial charge on any atom is 0.130 e. The highest BCUT2D eigenvalue weighted by molar-refractivity contribution is 5.68. The van der Waals surface area contributed by atoms with Crippen molar-refractivity contribution in [1.29, 1.82) is 0 Å². The maximum atomic E-state index is 13.4. The smallest absolute Gasteiger partial charge is 0.130 e. The molecule has 0 fully saturated rings. The SMILES string of the molecule is C=CC[C@@](C)(C=O)c1ccccc1F. The van der Waals surface area contributed by atoms with Gasteiger partial charge in [-0.1, -0.05) is 24.3 Å². The minimum atomic E-state index is -0.799. The number of allylic oxidation sites excluding steroid dienone is 1. The summed E-state index contributed by atoms with van der Waals surface area (Å²) in [7, 11) is 0. The van der Waals surface area contributed by atoms with Gasteiger partial charge in [0.1, 0.15) is 12.1 Å². The van der Waals surface area contributed by atoms with Crippen molar-refractivity contribution in [1.82, 2.24) is 0 Å². The quantitative estimate of drug-likeness (QED) is 0.529. The van der Waals surface area contributed by atoms with Crippen molar-refractivity contribution in [3.63, 3.8) is 0 Å². The highest BCUT2D eigenvalue weighted by atomic mass is 19.1. The van der Waals surface area contributed by atoms with E-state index in [9.17, 15) is 9.18 Å². The van der Waals surface area contributed by atoms with Gasteiger partial charge >= 0.3 is 0 Å². The number of carbonyl (C=O) groups excluding carboxylic acids is 1. The van der Waals surface area contributed by atoms with E-state index in [1.165, 1.54) is 6.07 Å². The average molecular weight is 192 g/mol. The number of aldehydes is 1. The molecule has 2 heteroatoms. The number of hydrogen-bond donors (Lipinski definition) is 0. The first-order valence-corrected chi connectivity index (χ1v) is 4.46. The molecule has 1 rings (SSSR count). The van der Waals surface area contributed by atoms with Crippen LogP contribution in [-0.4, -0.2) is 6.29 Å². The zero-order valence-electron chi connectivity index (χ0n) is 8.16. The second-order valence-electron chi connectivity index (χ2n) is 3.51. The topological polar surface area (TPSA) is 17.1 Å². The number of halogens is 1. The number of benzene rings is 1. The van der Waals surface area contributed by atoms with Gasteiger partial charge in [0, 0.05) is 5.56 Å². The number of hydrogen-bond acceptors (Lipinski definition) is 1. The van der Waals surface area contributed by atoms with Gasteiger partial charge in [0.25, 0.3) is 0 Å². The third-order valence-electron chi connectivity index (χ3n) is 2.32. The summed E-state index contributed by atoms with van der Waals surface area (Å²) in [5, 5.41) is 0. The highest BCUT2D eigenvalue weighted by Crippen LogP contribution is 2.27. The molecule has 14 heavy (non-hydrogen) atoms. The Labute approximate surface area is 83.3 Å². The van der Waals surface area contributed by atoms with E-state index >= 15 is 0 Å². The van der Waals surface area contributed by atoms with Crippen molar-refractivity contribution >= 4 is 6.29 Å². The Morgan fingerprint density at radius 1 is 1.50 bits per heavy atom. The third kappa shape index (κ3) is 1.90. The Morgan fingerprint density at radius 2 is 2.14 bits per heavy atom. The van der Waals surface area contributed by atoms with Crippen LogP contribution in [0.15, 0.2) is 36.9 Å². The Balaban J connectivity index is 3.18. The van der Waals surface area contributed by atoms with Crippen molar-refractivity contribution in [3.8, 4) is 0 Å². The van der Waals surface area contributed by atoms with Crippen molar-refractivity contribution in [2.75, 3.05) is 0 Å². The van der Waals surface area contributed by atoms with Gasteiger partial charge in [0.2, 0.25) is 0 Å². The summed E-state index contributed by atoms with van der Waals surface area (Å²) >= 11 is 0. The molecule has 0 bridgehead atoms. The molecule has 0 radical (unpaired) electrons. The van der Waals surface area contributed by atoms with E-state index in [4.69, 9.17) is 0 Å². The van der Waals surface area contributed by atoms with E-state index in [0.29, 0.717) is 12.0 Å². The predicted octanol–water partition coefficient (Wildman–Crippen LogP) is 2.86. The normalized spacial score (nSPS) is 14.4. The summed E-state index contributed by atoms with van der Waals surface area (Å²) in [6, 6.07) is 6.33. The molecule has 0 saturated carbocycles. The monoisotopic (exact) mass is 192 g/mol. The molecular weight excluding hydrogens is 179 g/mol. The number of carbonyl (C=O) groups is 1. The molecule has 1 aromatic carbocycles. The largest absolute Gasteiger partial charge is 0.302 e. The Kier molecular flexibility index (Phi) is 3.18. The molecule has 0 aliphatic heterocycles. The van der Waals surface area contributed by atoms with E-state index in [0.717, 1.165) is 6.29 Å². The molecule has 0 spiro atoms. The van der Waals surface area contributed by atoms with Gasteiger partial charge in [-0.3, -0.25) is 0 Å². The summed E-state index contributed by atoms with van der Waals surface area (Å²) in [6.45, 7) is 5.28. The summed E-state index contributed by atoms with van der Waals surface area (Å²) in [4.78, 5) is 11.0. The van der Waals surface area contributed by atoms with E-state index in [2.05, 4.69) is 6.58 Å². The van der Waals surface area contributed by atoms with E-state index < -0.39 is 5.41 Å². The van der Waals surface area contributed by atoms with Gasteiger partial charge in [-0.2, -0.15) is 0 Å². The summed E-state index contributed by atoms with van der Waals surface area (Å²) in [5.74, 6) is -0.344. The van der Waals surface area contributed by atoms with Gasteiger partial charge in [-0.25, -0.2) is 4.39 Å². The lowest BCUT2D eigenvalue weighted by Gasteiger charge is -2.22. The summed E-state index contributed by atoms with van der Waals surface area (Å²) < 4.78 is 13.4. The van der Waals surface area contributed by atoms with Crippen LogP contribution in [0.1, 0.15) is 18.9 Å². The Bertz CT molecular complexity index is 346. The summed E-state index contributed by atoms with van der Waals surface area (Å²) in [5.41, 5.74) is -0.373. The lowest BCUT2D eigenvalue weighted by atomic mass is 9.81. The maximum absolute atomic E-state index is 13.4. The van der Waals surface area contributed by atoms with Crippen molar-refractivity contribution in [2.24, 2.45) is 0 Å². The average Bonchev–Trinajstić information content (AvgIpc) is 2.18. The molecule has 0 aliphatic rings. The van der Waals surface area contributed by atoms with Crippen LogP contribution in [0.25, 0.3) is 0 Å². The van der Waals surface area contributed by atoms with Gasteiger partial charge in [0.05, 0.1) is 5.41 Å². The first kappa shape index (κ1) is 10.6. The molecule has 0 aliphatic carbocycles. The van der Waals surface area contributed by atoms with Crippen LogP contribution in [0.3, 0.4) is 0 Å². The van der Waals surface area contributed by atoms with Gasteiger partial charge in [0.15, 0.2) is 0 Å². The first-order valence-electron chi connectivity index (χ1n) is 4.46. The molecule has 0 amide bonds. The lowest BCUT2D eigenvalue weighted by molar-refractivity contribution is -0.112. The molecule has 0 aromatic heterocycles. The molecule has 1 aromatic rings. The van der Waals surface area contributed by atoms with E-state index in [1.807, 2.05) is 0 Å². The van der Waals surface area contributed by atoms with Gasteiger partial charge in [-0.05, 0) is 19.4 Å². The highest BCUT2D eigenvalue weighted by Gasteiger charge is 2.27. The van der Waals surface area contributed by atoms with Crippen LogP contribution in [-0.2, 0) is 10.2 Å². The molecule has 1 nitrogen and oxygen atoms in total. The van der Waals surface area contributed by atoms with Crippen molar-refractivity contribution in [2.45, 2.75) is 18.8 Å². The van der Waals surface area contributed by atoms with Crippen LogP contribution in [0, 0.1) is 5.82 Å². The van der Waals surface area contributed by atoms with Gasteiger partial charge < -0.3 is 4.79 Å². The van der Waals surface area contributed by atoms with Crippen LogP contribution in [0.4, 0.5) is 4.39 Å².